The normalized spacial score (nSPS) is 10.4. The number of aromatic nitrogens is 3. The first-order valence-electron chi connectivity index (χ1n) is 7.78. The Morgan fingerprint density at radius 3 is 2.77 bits per heavy atom. The summed E-state index contributed by atoms with van der Waals surface area (Å²) in [5, 5.41) is 13.5. The molecule has 0 unspecified atom stereocenters. The third-order valence-electron chi connectivity index (χ3n) is 3.44. The number of benzene rings is 1. The topological polar surface area (TPSA) is 91.3 Å². The van der Waals surface area contributed by atoms with Gasteiger partial charge in [-0.3, -0.25) is 0 Å². The Bertz CT molecular complexity index is 936. The second-order valence-electron chi connectivity index (χ2n) is 5.17. The van der Waals surface area contributed by atoms with Crippen LogP contribution in [0.2, 0.25) is 5.15 Å². The number of ether oxygens (including phenoxy) is 1. The van der Waals surface area contributed by atoms with Crippen molar-refractivity contribution in [2.24, 2.45) is 0 Å². The molecule has 8 heteroatoms. The van der Waals surface area contributed by atoms with Crippen LogP contribution in [-0.2, 0) is 4.74 Å². The van der Waals surface area contributed by atoms with Gasteiger partial charge in [-0.2, -0.15) is 0 Å². The first-order chi connectivity index (χ1) is 12.6. The van der Waals surface area contributed by atoms with Gasteiger partial charge in [0.2, 0.25) is 5.95 Å². The average molecular weight is 370 g/mol. The summed E-state index contributed by atoms with van der Waals surface area (Å²) in [7, 11) is 0. The Hall–Kier alpha value is -3.03. The molecule has 26 heavy (non-hydrogen) atoms. The SMILES string of the molecule is CCOC(=O)c1cccc(N([O-])c2nccc(-c3ccnc(Cl)c3)n2)c1. The molecule has 7 nitrogen and oxygen atoms in total. The second kappa shape index (κ2) is 7.90. The van der Waals surface area contributed by atoms with Crippen LogP contribution in [0.15, 0.2) is 54.9 Å². The molecule has 0 saturated carbocycles. The zero-order valence-electron chi connectivity index (χ0n) is 13.8. The smallest absolute Gasteiger partial charge is 0.338 e. The molecular weight excluding hydrogens is 356 g/mol. The van der Waals surface area contributed by atoms with Crippen LogP contribution in [0.5, 0.6) is 0 Å². The summed E-state index contributed by atoms with van der Waals surface area (Å²) in [6.07, 6.45) is 3.03. The molecule has 2 aromatic heterocycles. The van der Waals surface area contributed by atoms with Crippen LogP contribution >= 0.6 is 11.6 Å². The van der Waals surface area contributed by atoms with E-state index < -0.39 is 5.97 Å². The Labute approximate surface area is 154 Å². The first-order valence-corrected chi connectivity index (χ1v) is 8.15. The Morgan fingerprint density at radius 1 is 1.19 bits per heavy atom. The van der Waals surface area contributed by atoms with Gasteiger partial charge in [-0.15, -0.1) is 0 Å². The molecule has 0 saturated heterocycles. The van der Waals surface area contributed by atoms with Gasteiger partial charge in [0, 0.05) is 23.6 Å². The van der Waals surface area contributed by atoms with Crippen molar-refractivity contribution in [1.29, 1.82) is 0 Å². The van der Waals surface area contributed by atoms with Crippen molar-refractivity contribution < 1.29 is 9.53 Å². The fourth-order valence-corrected chi connectivity index (χ4v) is 2.43. The molecule has 0 spiro atoms. The molecule has 2 heterocycles. The minimum absolute atomic E-state index is 0.0588. The van der Waals surface area contributed by atoms with E-state index in [4.69, 9.17) is 16.3 Å². The van der Waals surface area contributed by atoms with Crippen LogP contribution in [-0.4, -0.2) is 27.5 Å². The Kier molecular flexibility index (Phi) is 5.40. The maximum absolute atomic E-state index is 12.6. The Morgan fingerprint density at radius 2 is 2.00 bits per heavy atom. The number of anilines is 2. The fourth-order valence-electron chi connectivity index (χ4n) is 2.26. The van der Waals surface area contributed by atoms with E-state index in [0.29, 0.717) is 21.5 Å². The molecule has 0 bridgehead atoms. The lowest BCUT2D eigenvalue weighted by Gasteiger charge is -2.28. The molecule has 0 atom stereocenters. The van der Waals surface area contributed by atoms with E-state index >= 15 is 0 Å². The van der Waals surface area contributed by atoms with Crippen LogP contribution < -0.4 is 5.06 Å². The summed E-state index contributed by atoms with van der Waals surface area (Å²) < 4.78 is 4.95. The second-order valence-corrected chi connectivity index (χ2v) is 5.56. The third kappa shape index (κ3) is 3.96. The summed E-state index contributed by atoms with van der Waals surface area (Å²) >= 11 is 5.90. The summed E-state index contributed by atoms with van der Waals surface area (Å²) in [5.74, 6) is -0.555. The lowest BCUT2D eigenvalue weighted by Crippen LogP contribution is -2.12. The molecule has 0 aliphatic carbocycles. The summed E-state index contributed by atoms with van der Waals surface area (Å²) in [4.78, 5) is 24.0. The van der Waals surface area contributed by atoms with Gasteiger partial charge >= 0.3 is 5.97 Å². The van der Waals surface area contributed by atoms with Crippen LogP contribution in [0.1, 0.15) is 17.3 Å². The van der Waals surface area contributed by atoms with Crippen molar-refractivity contribution in [2.75, 3.05) is 11.7 Å². The zero-order chi connectivity index (χ0) is 18.5. The highest BCUT2D eigenvalue weighted by Gasteiger charge is 2.10. The summed E-state index contributed by atoms with van der Waals surface area (Å²) in [5.41, 5.74) is 1.74. The van der Waals surface area contributed by atoms with E-state index in [1.54, 1.807) is 49.5 Å². The molecule has 0 radical (unpaired) electrons. The minimum Gasteiger partial charge on any atom is -0.752 e. The maximum Gasteiger partial charge on any atom is 0.338 e. The molecule has 1 aromatic carbocycles. The fraction of sp³-hybridized carbons (Fsp3) is 0.111. The number of rotatable bonds is 5. The molecule has 132 valence electrons. The molecule has 3 rings (SSSR count). The quantitative estimate of drug-likeness (QED) is 0.381. The Balaban J connectivity index is 1.91. The number of halogens is 1. The van der Waals surface area contributed by atoms with Gasteiger partial charge < -0.3 is 15.0 Å². The van der Waals surface area contributed by atoms with Gasteiger partial charge in [-0.1, -0.05) is 17.7 Å². The van der Waals surface area contributed by atoms with Crippen molar-refractivity contribution in [3.8, 4) is 11.3 Å². The first kappa shape index (κ1) is 17.8. The van der Waals surface area contributed by atoms with E-state index in [-0.39, 0.29) is 23.8 Å². The molecule has 3 aromatic rings. The lowest BCUT2D eigenvalue weighted by molar-refractivity contribution is 0.0526. The van der Waals surface area contributed by atoms with Gasteiger partial charge in [0.05, 0.1) is 17.9 Å². The lowest BCUT2D eigenvalue weighted by atomic mass is 10.2. The number of pyridine rings is 1. The highest BCUT2D eigenvalue weighted by atomic mass is 35.5. The van der Waals surface area contributed by atoms with Gasteiger partial charge in [-0.25, -0.2) is 19.7 Å². The average Bonchev–Trinajstić information content (AvgIpc) is 2.68. The largest absolute Gasteiger partial charge is 0.752 e. The molecule has 0 amide bonds. The van der Waals surface area contributed by atoms with Crippen LogP contribution in [0.3, 0.4) is 0 Å². The van der Waals surface area contributed by atoms with Crippen molar-refractivity contribution in [2.45, 2.75) is 6.92 Å². The monoisotopic (exact) mass is 369 g/mol. The molecule has 0 aliphatic heterocycles. The number of hydrogen-bond donors (Lipinski definition) is 0. The maximum atomic E-state index is 12.6. The van der Waals surface area contributed by atoms with Crippen molar-refractivity contribution in [3.05, 3.63) is 70.8 Å². The number of carbonyl (C=O) groups is 1. The predicted molar refractivity (Wildman–Crippen MR) is 98.2 cm³/mol. The number of nitrogens with zero attached hydrogens (tertiary/aromatic N) is 4. The molecule has 0 aliphatic rings. The van der Waals surface area contributed by atoms with Crippen molar-refractivity contribution in [3.63, 3.8) is 0 Å². The zero-order valence-corrected chi connectivity index (χ0v) is 14.6. The summed E-state index contributed by atoms with van der Waals surface area (Å²) in [6, 6.07) is 11.2. The highest BCUT2D eigenvalue weighted by molar-refractivity contribution is 6.29. The van der Waals surface area contributed by atoms with E-state index in [9.17, 15) is 10.0 Å². The van der Waals surface area contributed by atoms with Gasteiger partial charge in [0.15, 0.2) is 0 Å². The standard InChI is InChI=1S/C18H14ClN4O3/c1-2-26-17(24)13-4-3-5-14(10-13)23(25)18-21-9-7-15(22-18)12-6-8-20-16(19)11-12/h3-11H,2H2,1H3/q-1. The van der Waals surface area contributed by atoms with Gasteiger partial charge in [0.1, 0.15) is 5.15 Å². The third-order valence-corrected chi connectivity index (χ3v) is 3.65. The van der Waals surface area contributed by atoms with Crippen molar-refractivity contribution >= 4 is 29.2 Å². The van der Waals surface area contributed by atoms with Crippen LogP contribution in [0.4, 0.5) is 11.6 Å². The van der Waals surface area contributed by atoms with Crippen molar-refractivity contribution in [1.82, 2.24) is 15.0 Å². The van der Waals surface area contributed by atoms with Gasteiger partial charge in [-0.05, 0) is 43.3 Å². The highest BCUT2D eigenvalue weighted by Crippen LogP contribution is 2.25. The molecular formula is C18H14ClN4O3-. The van der Waals surface area contributed by atoms with E-state index in [2.05, 4.69) is 15.0 Å². The predicted octanol–water partition coefficient (Wildman–Crippen LogP) is 4.00. The van der Waals surface area contributed by atoms with Crippen LogP contribution in [0, 0.1) is 5.21 Å². The molecule has 0 fully saturated rings. The molecule has 0 N–H and O–H groups in total. The van der Waals surface area contributed by atoms with E-state index in [1.165, 1.54) is 12.3 Å². The van der Waals surface area contributed by atoms with E-state index in [1.807, 2.05) is 0 Å². The van der Waals surface area contributed by atoms with Gasteiger partial charge in [0.25, 0.3) is 0 Å². The number of hydrogen-bond acceptors (Lipinski definition) is 7. The number of esters is 1. The van der Waals surface area contributed by atoms with Crippen LogP contribution in [0.25, 0.3) is 11.3 Å². The van der Waals surface area contributed by atoms with E-state index in [0.717, 1.165) is 0 Å². The number of carbonyl (C=O) groups excluding carboxylic acids is 1. The minimum atomic E-state index is -0.496. The summed E-state index contributed by atoms with van der Waals surface area (Å²) in [6.45, 7) is 1.97.